The van der Waals surface area contributed by atoms with Crippen molar-refractivity contribution in [2.45, 2.75) is 99.2 Å². The van der Waals surface area contributed by atoms with Gasteiger partial charge in [-0.1, -0.05) is 46.6 Å². The maximum absolute atomic E-state index is 5.90. The lowest BCUT2D eigenvalue weighted by Gasteiger charge is -2.20. The first-order valence-corrected chi connectivity index (χ1v) is 13.5. The third kappa shape index (κ3) is 15.4. The highest BCUT2D eigenvalue weighted by molar-refractivity contribution is 6.71. The van der Waals surface area contributed by atoms with Crippen molar-refractivity contribution < 1.29 is 4.43 Å². The molecule has 0 saturated carbocycles. The quantitative estimate of drug-likeness (QED) is 0.232. The minimum Gasteiger partial charge on any atom is -0.417 e. The predicted molar refractivity (Wildman–Crippen MR) is 122 cm³/mol. The molecule has 2 heteroatoms. The van der Waals surface area contributed by atoms with E-state index in [4.69, 9.17) is 4.43 Å². The number of hydrogen-bond donors (Lipinski definition) is 0. The summed E-state index contributed by atoms with van der Waals surface area (Å²) in [7, 11) is -1.47. The Bertz CT molecular complexity index is 502. The predicted octanol–water partition coefficient (Wildman–Crippen LogP) is 8.37. The van der Waals surface area contributed by atoms with Gasteiger partial charge >= 0.3 is 0 Å². The highest BCUT2D eigenvalue weighted by Crippen LogP contribution is 2.17. The summed E-state index contributed by atoms with van der Waals surface area (Å²) in [5.74, 6) is 0. The summed E-state index contributed by atoms with van der Waals surface area (Å²) in [5, 5.41) is 0. The summed E-state index contributed by atoms with van der Waals surface area (Å²) in [6.07, 6.45) is 16.6. The van der Waals surface area contributed by atoms with Crippen molar-refractivity contribution in [1.82, 2.24) is 0 Å². The van der Waals surface area contributed by atoms with Crippen LogP contribution >= 0.6 is 0 Å². The molecule has 0 aliphatic rings. The van der Waals surface area contributed by atoms with Crippen molar-refractivity contribution in [3.63, 3.8) is 0 Å². The standard InChI is InChI=1S/C24H44OSi/c1-9-25-26(7,8)20-19-24(6)18-12-17-23(5)16-11-15-22(4)14-10-13-21(2)3/h13,15,17,19H,9-12,14,16,18,20H2,1-8H3/b22-15+,23-17+,24-19+. The fourth-order valence-corrected chi connectivity index (χ4v) is 4.60. The zero-order valence-corrected chi connectivity index (χ0v) is 19.9. The molecule has 0 bridgehead atoms. The van der Waals surface area contributed by atoms with E-state index in [1.807, 2.05) is 0 Å². The van der Waals surface area contributed by atoms with Crippen LogP contribution in [-0.4, -0.2) is 14.9 Å². The fraction of sp³-hybridized carbons (Fsp3) is 0.667. The summed E-state index contributed by atoms with van der Waals surface area (Å²) in [4.78, 5) is 0. The van der Waals surface area contributed by atoms with Gasteiger partial charge in [-0.15, -0.1) is 0 Å². The molecule has 0 atom stereocenters. The third-order valence-corrected chi connectivity index (χ3v) is 6.89. The van der Waals surface area contributed by atoms with Crippen LogP contribution in [0.4, 0.5) is 0 Å². The van der Waals surface area contributed by atoms with Crippen LogP contribution in [0.15, 0.2) is 46.6 Å². The molecule has 0 saturated heterocycles. The van der Waals surface area contributed by atoms with Gasteiger partial charge in [0, 0.05) is 6.61 Å². The van der Waals surface area contributed by atoms with E-state index in [1.165, 1.54) is 54.4 Å². The summed E-state index contributed by atoms with van der Waals surface area (Å²) < 4.78 is 5.90. The van der Waals surface area contributed by atoms with Crippen LogP contribution < -0.4 is 0 Å². The second-order valence-electron chi connectivity index (χ2n) is 8.45. The van der Waals surface area contributed by atoms with Crippen molar-refractivity contribution in [3.8, 4) is 0 Å². The zero-order valence-electron chi connectivity index (χ0n) is 18.9. The average Bonchev–Trinajstić information content (AvgIpc) is 2.52. The van der Waals surface area contributed by atoms with Gasteiger partial charge in [0.25, 0.3) is 0 Å². The molecule has 0 radical (unpaired) electrons. The number of allylic oxidation sites excluding steroid dienone is 8. The van der Waals surface area contributed by atoms with Crippen LogP contribution in [0.1, 0.15) is 80.1 Å². The van der Waals surface area contributed by atoms with Gasteiger partial charge in [0.2, 0.25) is 0 Å². The Labute approximate surface area is 165 Å². The van der Waals surface area contributed by atoms with Crippen LogP contribution in [0.2, 0.25) is 19.1 Å². The Morgan fingerprint density at radius 1 is 0.692 bits per heavy atom. The molecule has 0 aliphatic carbocycles. The monoisotopic (exact) mass is 376 g/mol. The molecule has 0 rings (SSSR count). The first-order valence-electron chi connectivity index (χ1n) is 10.4. The Balaban J connectivity index is 4.12. The van der Waals surface area contributed by atoms with Crippen LogP contribution in [0.25, 0.3) is 0 Å². The van der Waals surface area contributed by atoms with Crippen molar-refractivity contribution >= 4 is 8.32 Å². The maximum Gasteiger partial charge on any atom is 0.190 e. The van der Waals surface area contributed by atoms with Crippen molar-refractivity contribution in [3.05, 3.63) is 46.6 Å². The highest BCUT2D eigenvalue weighted by Gasteiger charge is 2.19. The molecule has 0 unspecified atom stereocenters. The van der Waals surface area contributed by atoms with E-state index in [9.17, 15) is 0 Å². The Morgan fingerprint density at radius 2 is 1.12 bits per heavy atom. The minimum atomic E-state index is -1.47. The molecule has 150 valence electrons. The Kier molecular flexibility index (Phi) is 13.8. The van der Waals surface area contributed by atoms with Gasteiger partial charge in [-0.2, -0.15) is 0 Å². The van der Waals surface area contributed by atoms with Gasteiger partial charge in [0.05, 0.1) is 0 Å². The fourth-order valence-electron chi connectivity index (χ4n) is 2.86. The SMILES string of the molecule is CCO[Si](C)(C)C/C=C(\C)CC/C=C(\C)CC/C=C(\C)CCC=C(C)C. The van der Waals surface area contributed by atoms with E-state index >= 15 is 0 Å². The van der Waals surface area contributed by atoms with Crippen LogP contribution in [0.3, 0.4) is 0 Å². The molecule has 0 aliphatic heterocycles. The summed E-state index contributed by atoms with van der Waals surface area (Å²) in [5.41, 5.74) is 5.97. The molecular formula is C24H44OSi. The van der Waals surface area contributed by atoms with Gasteiger partial charge in [0.1, 0.15) is 0 Å². The lowest BCUT2D eigenvalue weighted by molar-refractivity contribution is 0.331. The molecule has 0 spiro atoms. The average molecular weight is 377 g/mol. The largest absolute Gasteiger partial charge is 0.417 e. The van der Waals surface area contributed by atoms with E-state index in [-0.39, 0.29) is 0 Å². The molecule has 0 fully saturated rings. The maximum atomic E-state index is 5.90. The van der Waals surface area contributed by atoms with Crippen LogP contribution in [0.5, 0.6) is 0 Å². The highest BCUT2D eigenvalue weighted by atomic mass is 28.4. The molecule has 0 amide bonds. The van der Waals surface area contributed by atoms with Gasteiger partial charge < -0.3 is 4.43 Å². The van der Waals surface area contributed by atoms with Gasteiger partial charge in [-0.25, -0.2) is 0 Å². The third-order valence-electron chi connectivity index (χ3n) is 4.63. The number of hydrogen-bond acceptors (Lipinski definition) is 1. The molecule has 0 aromatic heterocycles. The van der Waals surface area contributed by atoms with E-state index in [0.717, 1.165) is 19.1 Å². The minimum absolute atomic E-state index is 0.844. The van der Waals surface area contributed by atoms with Gasteiger partial charge in [-0.05, 0) is 99.2 Å². The van der Waals surface area contributed by atoms with E-state index in [2.05, 4.69) is 78.9 Å². The summed E-state index contributed by atoms with van der Waals surface area (Å²) >= 11 is 0. The van der Waals surface area contributed by atoms with E-state index in [1.54, 1.807) is 0 Å². The van der Waals surface area contributed by atoms with Crippen LogP contribution in [0, 0.1) is 0 Å². The zero-order chi connectivity index (χ0) is 20.0. The van der Waals surface area contributed by atoms with Crippen molar-refractivity contribution in [2.75, 3.05) is 6.61 Å². The smallest absolute Gasteiger partial charge is 0.190 e. The summed E-state index contributed by atoms with van der Waals surface area (Å²) in [6, 6.07) is 1.13. The molecule has 0 aromatic carbocycles. The molecule has 0 aromatic rings. The molecule has 26 heavy (non-hydrogen) atoms. The molecule has 0 heterocycles. The van der Waals surface area contributed by atoms with Crippen LogP contribution in [-0.2, 0) is 4.43 Å². The normalized spacial score (nSPS) is 13.9. The first-order chi connectivity index (χ1) is 12.2. The van der Waals surface area contributed by atoms with Crippen molar-refractivity contribution in [2.24, 2.45) is 0 Å². The first kappa shape index (κ1) is 25.1. The molecule has 1 nitrogen and oxygen atoms in total. The van der Waals surface area contributed by atoms with Gasteiger partial charge in [0.15, 0.2) is 8.32 Å². The van der Waals surface area contributed by atoms with E-state index < -0.39 is 8.32 Å². The number of rotatable bonds is 13. The molecular weight excluding hydrogens is 332 g/mol. The lowest BCUT2D eigenvalue weighted by atomic mass is 10.0. The second kappa shape index (κ2) is 14.2. The second-order valence-corrected chi connectivity index (χ2v) is 12.7. The van der Waals surface area contributed by atoms with E-state index in [0.29, 0.717) is 0 Å². The Morgan fingerprint density at radius 3 is 1.54 bits per heavy atom. The van der Waals surface area contributed by atoms with Crippen molar-refractivity contribution in [1.29, 1.82) is 0 Å². The van der Waals surface area contributed by atoms with Gasteiger partial charge in [-0.3, -0.25) is 0 Å². The lowest BCUT2D eigenvalue weighted by Crippen LogP contribution is -2.29. The Hall–Kier alpha value is -0.863. The summed E-state index contributed by atoms with van der Waals surface area (Å²) in [6.45, 7) is 18.7. The molecule has 0 N–H and O–H groups in total. The topological polar surface area (TPSA) is 9.23 Å².